The van der Waals surface area contributed by atoms with Crippen LogP contribution >= 0.6 is 0 Å². The van der Waals surface area contributed by atoms with E-state index >= 15 is 0 Å². The fourth-order valence-corrected chi connectivity index (χ4v) is 3.45. The molecular weight excluding hydrogens is 336 g/mol. The minimum atomic E-state index is -1.19. The second kappa shape index (κ2) is 7.99. The van der Waals surface area contributed by atoms with Crippen molar-refractivity contribution in [2.75, 3.05) is 0 Å². The summed E-state index contributed by atoms with van der Waals surface area (Å²) in [5.41, 5.74) is 1.34. The monoisotopic (exact) mass is 362 g/mol. The standard InChI is InChI=1S/C20H26O6/c1-6-11(3)19(23)26-18-12(4)9-14(21)7-10(2)8-15-16(17(18)22)13(5)20(24)25-15/h6-7,12,15-18,22H,5,8-9H2,1-4H3/b10-7-,11-6+/t12-,15-,16+,17-,18-/m1/s1. The smallest absolute Gasteiger partial charge is 0.334 e. The van der Waals surface area contributed by atoms with E-state index in [0.717, 1.165) is 5.57 Å². The Hall–Kier alpha value is -2.21. The van der Waals surface area contributed by atoms with Gasteiger partial charge in [0, 0.05) is 29.9 Å². The first kappa shape index (κ1) is 20.1. The third kappa shape index (κ3) is 4.12. The number of hydrogen-bond acceptors (Lipinski definition) is 6. The molecule has 1 fully saturated rings. The van der Waals surface area contributed by atoms with Crippen LogP contribution in [-0.4, -0.2) is 41.1 Å². The van der Waals surface area contributed by atoms with Gasteiger partial charge in [0.05, 0.1) is 5.92 Å². The van der Waals surface area contributed by atoms with Crippen LogP contribution in [0.15, 0.2) is 35.5 Å². The fourth-order valence-electron chi connectivity index (χ4n) is 3.45. The fraction of sp³-hybridized carbons (Fsp3) is 0.550. The lowest BCUT2D eigenvalue weighted by atomic mass is 9.80. The summed E-state index contributed by atoms with van der Waals surface area (Å²) in [5.74, 6) is -2.37. The van der Waals surface area contributed by atoms with Crippen molar-refractivity contribution >= 4 is 17.7 Å². The number of fused-ring (bicyclic) bond motifs is 1. The molecule has 0 saturated carbocycles. The van der Waals surface area contributed by atoms with Crippen molar-refractivity contribution in [2.24, 2.45) is 11.8 Å². The van der Waals surface area contributed by atoms with Crippen molar-refractivity contribution in [3.63, 3.8) is 0 Å². The zero-order valence-corrected chi connectivity index (χ0v) is 15.7. The van der Waals surface area contributed by atoms with Crippen LogP contribution in [0.1, 0.15) is 40.5 Å². The van der Waals surface area contributed by atoms with Crippen LogP contribution in [-0.2, 0) is 23.9 Å². The van der Waals surface area contributed by atoms with Gasteiger partial charge in [-0.05, 0) is 26.8 Å². The van der Waals surface area contributed by atoms with E-state index in [4.69, 9.17) is 9.47 Å². The molecule has 1 saturated heterocycles. The zero-order chi connectivity index (χ0) is 19.6. The first-order chi connectivity index (χ1) is 12.1. The van der Waals surface area contributed by atoms with Crippen LogP contribution < -0.4 is 0 Å². The molecule has 6 nitrogen and oxygen atoms in total. The van der Waals surface area contributed by atoms with Crippen molar-refractivity contribution in [1.82, 2.24) is 0 Å². The largest absolute Gasteiger partial charge is 0.458 e. The van der Waals surface area contributed by atoms with Gasteiger partial charge in [-0.3, -0.25) is 4.79 Å². The zero-order valence-electron chi connectivity index (χ0n) is 15.7. The molecule has 0 unspecified atom stereocenters. The van der Waals surface area contributed by atoms with Gasteiger partial charge in [0.25, 0.3) is 0 Å². The van der Waals surface area contributed by atoms with Gasteiger partial charge in [0.2, 0.25) is 0 Å². The normalized spacial score (nSPS) is 35.3. The molecule has 1 heterocycles. The average Bonchev–Trinajstić information content (AvgIpc) is 2.83. The molecule has 5 atom stereocenters. The number of allylic oxidation sites excluding steroid dienone is 2. The number of hydrogen-bond donors (Lipinski definition) is 1. The quantitative estimate of drug-likeness (QED) is 0.599. The van der Waals surface area contributed by atoms with Gasteiger partial charge in [0.1, 0.15) is 18.3 Å². The van der Waals surface area contributed by atoms with Crippen LogP contribution in [0.5, 0.6) is 0 Å². The third-order valence-electron chi connectivity index (χ3n) is 5.04. The van der Waals surface area contributed by atoms with Gasteiger partial charge < -0.3 is 14.6 Å². The molecule has 6 heteroatoms. The maximum Gasteiger partial charge on any atom is 0.334 e. The Balaban J connectivity index is 2.42. The van der Waals surface area contributed by atoms with Crippen molar-refractivity contribution in [1.29, 1.82) is 0 Å². The van der Waals surface area contributed by atoms with Gasteiger partial charge in [-0.1, -0.05) is 25.2 Å². The van der Waals surface area contributed by atoms with E-state index in [-0.39, 0.29) is 17.8 Å². The predicted molar refractivity (Wildman–Crippen MR) is 95.0 cm³/mol. The van der Waals surface area contributed by atoms with E-state index < -0.39 is 42.1 Å². The maximum atomic E-state index is 12.2. The molecule has 0 spiro atoms. The molecule has 0 amide bonds. The minimum absolute atomic E-state index is 0.118. The third-order valence-corrected chi connectivity index (χ3v) is 5.04. The van der Waals surface area contributed by atoms with E-state index in [1.807, 2.05) is 0 Å². The van der Waals surface area contributed by atoms with Gasteiger partial charge in [-0.25, -0.2) is 9.59 Å². The molecule has 0 bridgehead atoms. The van der Waals surface area contributed by atoms with Crippen LogP contribution in [0.2, 0.25) is 0 Å². The average molecular weight is 362 g/mol. The van der Waals surface area contributed by atoms with Crippen molar-refractivity contribution in [3.05, 3.63) is 35.5 Å². The van der Waals surface area contributed by atoms with Crippen molar-refractivity contribution in [2.45, 2.75) is 58.8 Å². The number of aliphatic hydroxyl groups is 1. The Labute approximate surface area is 153 Å². The second-order valence-electron chi connectivity index (χ2n) is 7.17. The highest BCUT2D eigenvalue weighted by Gasteiger charge is 2.48. The number of carbonyl (C=O) groups is 3. The number of carbonyl (C=O) groups excluding carboxylic acids is 3. The molecule has 1 N–H and O–H groups in total. The molecule has 1 aliphatic heterocycles. The first-order valence-corrected chi connectivity index (χ1v) is 8.77. The van der Waals surface area contributed by atoms with Gasteiger partial charge >= 0.3 is 11.9 Å². The number of esters is 2. The van der Waals surface area contributed by atoms with Gasteiger partial charge in [-0.15, -0.1) is 0 Å². The minimum Gasteiger partial charge on any atom is -0.458 e. The molecule has 0 radical (unpaired) electrons. The van der Waals surface area contributed by atoms with E-state index in [1.54, 1.807) is 33.8 Å². The molecule has 0 aromatic rings. The molecule has 2 aliphatic rings. The highest BCUT2D eigenvalue weighted by Crippen LogP contribution is 2.37. The predicted octanol–water partition coefficient (Wildman–Crippen LogP) is 2.27. The molecule has 26 heavy (non-hydrogen) atoms. The lowest BCUT2D eigenvalue weighted by Crippen LogP contribution is -2.45. The summed E-state index contributed by atoms with van der Waals surface area (Å²) in [6, 6.07) is 0. The van der Waals surface area contributed by atoms with Crippen LogP contribution in [0, 0.1) is 11.8 Å². The first-order valence-electron chi connectivity index (χ1n) is 8.77. The van der Waals surface area contributed by atoms with E-state index in [1.165, 1.54) is 6.08 Å². The Bertz CT molecular complexity index is 686. The van der Waals surface area contributed by atoms with Crippen LogP contribution in [0.25, 0.3) is 0 Å². The van der Waals surface area contributed by atoms with E-state index in [2.05, 4.69) is 6.58 Å². The Morgan fingerprint density at radius 3 is 2.65 bits per heavy atom. The highest BCUT2D eigenvalue weighted by molar-refractivity contribution is 5.92. The lowest BCUT2D eigenvalue weighted by Gasteiger charge is -2.33. The highest BCUT2D eigenvalue weighted by atomic mass is 16.6. The van der Waals surface area contributed by atoms with E-state index in [9.17, 15) is 19.5 Å². The topological polar surface area (TPSA) is 89.9 Å². The molecule has 0 aromatic heterocycles. The number of aliphatic hydroxyl groups excluding tert-OH is 1. The summed E-state index contributed by atoms with van der Waals surface area (Å²) in [6.07, 6.45) is 0.800. The van der Waals surface area contributed by atoms with Gasteiger partial charge in [-0.2, -0.15) is 0 Å². The van der Waals surface area contributed by atoms with Crippen LogP contribution in [0.4, 0.5) is 0 Å². The maximum absolute atomic E-state index is 12.2. The molecule has 2 rings (SSSR count). The van der Waals surface area contributed by atoms with Crippen molar-refractivity contribution in [3.8, 4) is 0 Å². The number of ketones is 1. The summed E-state index contributed by atoms with van der Waals surface area (Å²) in [6.45, 7) is 10.6. The number of ether oxygens (including phenoxy) is 2. The summed E-state index contributed by atoms with van der Waals surface area (Å²) in [7, 11) is 0. The summed E-state index contributed by atoms with van der Waals surface area (Å²) < 4.78 is 10.9. The van der Waals surface area contributed by atoms with Crippen LogP contribution in [0.3, 0.4) is 0 Å². The molecule has 0 aromatic carbocycles. The number of rotatable bonds is 2. The molecular formula is C20H26O6. The Morgan fingerprint density at radius 1 is 1.38 bits per heavy atom. The van der Waals surface area contributed by atoms with Crippen molar-refractivity contribution < 1.29 is 29.0 Å². The van der Waals surface area contributed by atoms with Gasteiger partial charge in [0.15, 0.2) is 5.78 Å². The SMILES string of the molecule is C=C1C(=O)O[C@@H]2C/C(C)=C\C(=O)C[C@@H](C)[C@@H](OC(=O)/C(C)=C/C)[C@H](O)[C@@H]12. The second-order valence-corrected chi connectivity index (χ2v) is 7.17. The van der Waals surface area contributed by atoms with E-state index in [0.29, 0.717) is 12.0 Å². The molecule has 142 valence electrons. The summed E-state index contributed by atoms with van der Waals surface area (Å²) in [4.78, 5) is 36.5. The lowest BCUT2D eigenvalue weighted by molar-refractivity contribution is -0.159. The summed E-state index contributed by atoms with van der Waals surface area (Å²) >= 11 is 0. The Kier molecular flexibility index (Phi) is 6.18. The Morgan fingerprint density at radius 2 is 2.04 bits per heavy atom. The summed E-state index contributed by atoms with van der Waals surface area (Å²) in [5, 5.41) is 11.0. The molecule has 1 aliphatic carbocycles.